The summed E-state index contributed by atoms with van der Waals surface area (Å²) >= 11 is 5.18. The molecule has 6 heteroatoms. The zero-order valence-electron chi connectivity index (χ0n) is 13.1. The van der Waals surface area contributed by atoms with Crippen LogP contribution in [-0.2, 0) is 5.54 Å². The molecule has 0 spiro atoms. The molecule has 4 rings (SSSR count). The summed E-state index contributed by atoms with van der Waals surface area (Å²) in [5.74, 6) is 1.31. The second kappa shape index (κ2) is 4.29. The second-order valence-electron chi connectivity index (χ2n) is 6.68. The molecule has 1 N–H and O–H groups in total. The highest BCUT2D eigenvalue weighted by molar-refractivity contribution is 7.71. The number of methoxy groups -OCH3 is 1. The van der Waals surface area contributed by atoms with Crippen LogP contribution in [0.2, 0.25) is 0 Å². The fourth-order valence-electron chi connectivity index (χ4n) is 3.86. The molecule has 0 bridgehead atoms. The van der Waals surface area contributed by atoms with Gasteiger partial charge in [0.25, 0.3) is 0 Å². The molecule has 3 aromatic rings. The first-order valence-electron chi connectivity index (χ1n) is 7.41. The number of H-pyrrole nitrogens is 1. The first-order valence-corrected chi connectivity index (χ1v) is 7.82. The molecule has 2 aromatic heterocycles. The number of aromatic nitrogens is 4. The molecule has 0 aliphatic carbocycles. The van der Waals surface area contributed by atoms with Crippen molar-refractivity contribution in [2.45, 2.75) is 38.6 Å². The summed E-state index contributed by atoms with van der Waals surface area (Å²) in [7, 11) is 1.70. The van der Waals surface area contributed by atoms with Crippen LogP contribution in [0, 0.1) is 4.77 Å². The predicted octanol–water partition coefficient (Wildman–Crippen LogP) is 3.89. The van der Waals surface area contributed by atoms with Gasteiger partial charge in [0.05, 0.1) is 12.6 Å². The van der Waals surface area contributed by atoms with Crippen molar-refractivity contribution in [2.24, 2.45) is 0 Å². The zero-order valence-corrected chi connectivity index (χ0v) is 13.9. The number of nitrogens with one attached hydrogen (secondary N) is 1. The molecule has 0 fully saturated rings. The standard InChI is InChI=1S/C16H18N4OS/c1-8-7-16(2,3)20-13-10(8)5-9(21-4)6-11(13)12-14(20)17-15(22)19-18-12/h5-6,8H,7H2,1-4H3,(H,17,19,22). The summed E-state index contributed by atoms with van der Waals surface area (Å²) in [6.45, 7) is 6.76. The Labute approximate surface area is 133 Å². The Kier molecular flexibility index (Phi) is 2.67. The largest absolute Gasteiger partial charge is 0.497 e. The molecule has 1 unspecified atom stereocenters. The van der Waals surface area contributed by atoms with Gasteiger partial charge in [-0.05, 0) is 56.1 Å². The highest BCUT2D eigenvalue weighted by Gasteiger charge is 2.35. The van der Waals surface area contributed by atoms with Crippen molar-refractivity contribution < 1.29 is 4.74 Å². The lowest BCUT2D eigenvalue weighted by Gasteiger charge is -2.36. The number of hydrogen-bond acceptors (Lipinski definition) is 4. The number of ether oxygens (including phenoxy) is 1. The Hall–Kier alpha value is -1.95. The molecule has 114 valence electrons. The molecule has 0 saturated heterocycles. The van der Waals surface area contributed by atoms with E-state index in [1.807, 2.05) is 6.07 Å². The predicted molar refractivity (Wildman–Crippen MR) is 89.1 cm³/mol. The van der Waals surface area contributed by atoms with E-state index in [0.717, 1.165) is 28.7 Å². The van der Waals surface area contributed by atoms with E-state index in [0.29, 0.717) is 10.7 Å². The van der Waals surface area contributed by atoms with Crippen LogP contribution in [0.25, 0.3) is 22.1 Å². The van der Waals surface area contributed by atoms with Crippen LogP contribution in [0.15, 0.2) is 12.1 Å². The minimum Gasteiger partial charge on any atom is -0.497 e. The van der Waals surface area contributed by atoms with Crippen LogP contribution < -0.4 is 4.74 Å². The molecule has 1 aromatic carbocycles. The molecular weight excluding hydrogens is 296 g/mol. The average Bonchev–Trinajstić information content (AvgIpc) is 2.78. The fraction of sp³-hybridized carbons (Fsp3) is 0.438. The topological polar surface area (TPSA) is 55.7 Å². The Bertz CT molecular complexity index is 970. The number of rotatable bonds is 1. The minimum absolute atomic E-state index is 0.0290. The van der Waals surface area contributed by atoms with Gasteiger partial charge in [-0.2, -0.15) is 10.1 Å². The lowest BCUT2D eigenvalue weighted by Crippen LogP contribution is -2.32. The van der Waals surface area contributed by atoms with E-state index in [4.69, 9.17) is 17.0 Å². The van der Waals surface area contributed by atoms with Gasteiger partial charge in [-0.1, -0.05) is 6.92 Å². The summed E-state index contributed by atoms with van der Waals surface area (Å²) in [5, 5.41) is 8.34. The fourth-order valence-corrected chi connectivity index (χ4v) is 4.00. The molecule has 0 amide bonds. The van der Waals surface area contributed by atoms with Crippen LogP contribution in [0.5, 0.6) is 5.75 Å². The van der Waals surface area contributed by atoms with Crippen LogP contribution in [0.1, 0.15) is 38.7 Å². The zero-order chi connectivity index (χ0) is 15.6. The van der Waals surface area contributed by atoms with Crippen molar-refractivity contribution in [3.63, 3.8) is 0 Å². The molecule has 1 aliphatic heterocycles. The Morgan fingerprint density at radius 3 is 2.91 bits per heavy atom. The maximum Gasteiger partial charge on any atom is 0.215 e. The third-order valence-corrected chi connectivity index (χ3v) is 4.85. The van der Waals surface area contributed by atoms with E-state index in [9.17, 15) is 0 Å². The molecule has 1 aliphatic rings. The van der Waals surface area contributed by atoms with E-state index in [-0.39, 0.29) is 5.54 Å². The normalized spacial score (nSPS) is 19.7. The van der Waals surface area contributed by atoms with Gasteiger partial charge in [0.15, 0.2) is 5.65 Å². The van der Waals surface area contributed by atoms with Gasteiger partial charge in [-0.15, -0.1) is 0 Å². The Balaban J connectivity index is 2.31. The van der Waals surface area contributed by atoms with E-state index in [2.05, 4.69) is 46.6 Å². The highest BCUT2D eigenvalue weighted by atomic mass is 32.1. The monoisotopic (exact) mass is 314 g/mol. The number of fused-ring (bicyclic) bond motifs is 3. The average molecular weight is 314 g/mol. The van der Waals surface area contributed by atoms with Gasteiger partial charge in [-0.25, -0.2) is 0 Å². The van der Waals surface area contributed by atoms with Gasteiger partial charge in [-0.3, -0.25) is 5.10 Å². The van der Waals surface area contributed by atoms with Crippen molar-refractivity contribution in [3.8, 4) is 5.75 Å². The second-order valence-corrected chi connectivity index (χ2v) is 7.07. The molecule has 5 nitrogen and oxygen atoms in total. The third kappa shape index (κ3) is 1.67. The number of benzene rings is 1. The van der Waals surface area contributed by atoms with Gasteiger partial charge in [0.2, 0.25) is 4.77 Å². The summed E-state index contributed by atoms with van der Waals surface area (Å²) in [5.41, 5.74) is 4.17. The Morgan fingerprint density at radius 1 is 1.41 bits per heavy atom. The van der Waals surface area contributed by atoms with Crippen molar-refractivity contribution in [1.29, 1.82) is 0 Å². The number of nitrogens with zero attached hydrogens (tertiary/aromatic N) is 3. The van der Waals surface area contributed by atoms with Crippen LogP contribution in [-0.4, -0.2) is 26.9 Å². The molecule has 0 saturated carbocycles. The quantitative estimate of drug-likeness (QED) is 0.692. The number of hydrogen-bond donors (Lipinski definition) is 1. The first kappa shape index (κ1) is 13.7. The van der Waals surface area contributed by atoms with Gasteiger partial charge >= 0.3 is 0 Å². The molecular formula is C16H18N4OS. The molecule has 3 heterocycles. The maximum atomic E-state index is 5.48. The van der Waals surface area contributed by atoms with Gasteiger partial charge in [0.1, 0.15) is 11.3 Å². The minimum atomic E-state index is -0.0290. The van der Waals surface area contributed by atoms with Crippen LogP contribution in [0.4, 0.5) is 0 Å². The number of aromatic amines is 1. The Morgan fingerprint density at radius 2 is 2.18 bits per heavy atom. The van der Waals surface area contributed by atoms with E-state index in [1.165, 1.54) is 11.1 Å². The smallest absolute Gasteiger partial charge is 0.215 e. The summed E-state index contributed by atoms with van der Waals surface area (Å²) < 4.78 is 8.19. The van der Waals surface area contributed by atoms with Gasteiger partial charge in [0, 0.05) is 10.9 Å². The maximum absolute atomic E-state index is 5.48. The van der Waals surface area contributed by atoms with E-state index >= 15 is 0 Å². The third-order valence-electron chi connectivity index (χ3n) is 4.66. The van der Waals surface area contributed by atoms with Gasteiger partial charge < -0.3 is 9.30 Å². The summed E-state index contributed by atoms with van der Waals surface area (Å²) in [4.78, 5) is 4.55. The van der Waals surface area contributed by atoms with E-state index < -0.39 is 0 Å². The van der Waals surface area contributed by atoms with Crippen LogP contribution in [0.3, 0.4) is 0 Å². The first-order chi connectivity index (χ1) is 10.4. The summed E-state index contributed by atoms with van der Waals surface area (Å²) in [6, 6.07) is 4.17. The van der Waals surface area contributed by atoms with Crippen molar-refractivity contribution >= 4 is 34.3 Å². The lowest BCUT2D eigenvalue weighted by atomic mass is 9.82. The lowest BCUT2D eigenvalue weighted by molar-refractivity contribution is 0.308. The van der Waals surface area contributed by atoms with Crippen molar-refractivity contribution in [1.82, 2.24) is 19.7 Å². The molecule has 22 heavy (non-hydrogen) atoms. The summed E-state index contributed by atoms with van der Waals surface area (Å²) in [6.07, 6.45) is 1.04. The van der Waals surface area contributed by atoms with Crippen LogP contribution >= 0.6 is 12.2 Å². The van der Waals surface area contributed by atoms with E-state index in [1.54, 1.807) is 7.11 Å². The SMILES string of the molecule is COc1cc2c3c(c1)c1n[nH]c(=S)nc1n3C(C)(C)CC2C. The van der Waals surface area contributed by atoms with Crippen molar-refractivity contribution in [3.05, 3.63) is 22.5 Å². The molecule has 1 atom stereocenters. The highest BCUT2D eigenvalue weighted by Crippen LogP contribution is 2.46. The molecule has 0 radical (unpaired) electrons. The van der Waals surface area contributed by atoms with Crippen molar-refractivity contribution in [2.75, 3.05) is 7.11 Å².